The molecule has 0 aliphatic heterocycles. The van der Waals surface area contributed by atoms with Crippen molar-refractivity contribution in [1.29, 1.82) is 0 Å². The molecule has 0 radical (unpaired) electrons. The molecule has 3 rings (SSSR count). The molecule has 0 spiro atoms. The van der Waals surface area contributed by atoms with Crippen molar-refractivity contribution >= 4 is 55.1 Å². The van der Waals surface area contributed by atoms with E-state index in [1.165, 1.54) is 17.0 Å². The average molecular weight is 635 g/mol. The summed E-state index contributed by atoms with van der Waals surface area (Å²) in [5.41, 5.74) is 2.00. The number of carbonyl (C=O) groups is 2. The van der Waals surface area contributed by atoms with Crippen LogP contribution in [-0.4, -0.2) is 44.3 Å². The number of nitrogens with one attached hydrogen (secondary N) is 1. The van der Waals surface area contributed by atoms with Gasteiger partial charge in [0.05, 0.1) is 10.6 Å². The number of aryl methyl sites for hydroxylation is 1. The van der Waals surface area contributed by atoms with E-state index in [0.29, 0.717) is 21.7 Å². The Bertz CT molecular complexity index is 1380. The van der Waals surface area contributed by atoms with Crippen LogP contribution in [0.2, 0.25) is 5.02 Å². The summed E-state index contributed by atoms with van der Waals surface area (Å²) >= 11 is 9.44. The third kappa shape index (κ3) is 8.30. The molecule has 3 aromatic rings. The molecule has 0 aliphatic carbocycles. The molecule has 10 heteroatoms. The fraction of sp³-hybridized carbons (Fsp3) is 0.310. The van der Waals surface area contributed by atoms with E-state index in [1.807, 2.05) is 13.8 Å². The molecule has 208 valence electrons. The Balaban J connectivity index is 1.99. The second kappa shape index (κ2) is 14.0. The van der Waals surface area contributed by atoms with Crippen LogP contribution in [0.1, 0.15) is 37.8 Å². The Kier molecular flexibility index (Phi) is 11.0. The van der Waals surface area contributed by atoms with Crippen LogP contribution in [-0.2, 0) is 26.2 Å². The molecule has 0 saturated heterocycles. The minimum absolute atomic E-state index is 0.0653. The lowest BCUT2D eigenvalue weighted by molar-refractivity contribution is -0.139. The number of hydrogen-bond donors (Lipinski definition) is 1. The third-order valence-electron chi connectivity index (χ3n) is 6.25. The average Bonchev–Trinajstić information content (AvgIpc) is 2.91. The second-order valence-corrected chi connectivity index (χ2v) is 12.5. The van der Waals surface area contributed by atoms with Gasteiger partial charge in [-0.2, -0.15) is 0 Å². The maximum Gasteiger partial charge on any atom is 0.264 e. The lowest BCUT2D eigenvalue weighted by Crippen LogP contribution is -2.51. The summed E-state index contributed by atoms with van der Waals surface area (Å²) in [6.45, 7) is 5.65. The van der Waals surface area contributed by atoms with Gasteiger partial charge in [0.2, 0.25) is 11.8 Å². The molecule has 0 aromatic heterocycles. The largest absolute Gasteiger partial charge is 0.354 e. The molecule has 0 aliphatic rings. The van der Waals surface area contributed by atoms with Crippen LogP contribution in [0.4, 0.5) is 5.69 Å². The highest BCUT2D eigenvalue weighted by molar-refractivity contribution is 9.10. The molecular formula is C29H33BrClN3O4S. The quantitative estimate of drug-likeness (QED) is 0.250. The fourth-order valence-electron chi connectivity index (χ4n) is 3.90. The van der Waals surface area contributed by atoms with Crippen molar-refractivity contribution < 1.29 is 18.0 Å². The van der Waals surface area contributed by atoms with Crippen molar-refractivity contribution in [2.24, 2.45) is 0 Å². The summed E-state index contributed by atoms with van der Waals surface area (Å²) in [5.74, 6) is -0.820. The SMILES string of the molecule is CCCCNC(=O)[C@@H](C)N(Cc1ccc(Cl)cc1)C(=O)CN(c1cccc(Br)c1)S(=O)(=O)c1ccc(C)cc1. The van der Waals surface area contributed by atoms with Crippen LogP contribution in [0.15, 0.2) is 82.2 Å². The Morgan fingerprint density at radius 3 is 2.31 bits per heavy atom. The van der Waals surface area contributed by atoms with Crippen LogP contribution in [0.3, 0.4) is 0 Å². The van der Waals surface area contributed by atoms with E-state index in [4.69, 9.17) is 11.6 Å². The molecule has 0 unspecified atom stereocenters. The summed E-state index contributed by atoms with van der Waals surface area (Å²) in [4.78, 5) is 28.4. The van der Waals surface area contributed by atoms with Crippen molar-refractivity contribution in [3.05, 3.63) is 93.4 Å². The molecular weight excluding hydrogens is 602 g/mol. The van der Waals surface area contributed by atoms with Gasteiger partial charge in [0, 0.05) is 22.6 Å². The van der Waals surface area contributed by atoms with Crippen LogP contribution in [0, 0.1) is 6.92 Å². The van der Waals surface area contributed by atoms with Gasteiger partial charge in [-0.1, -0.05) is 76.8 Å². The molecule has 1 N–H and O–H groups in total. The van der Waals surface area contributed by atoms with Gasteiger partial charge in [0.15, 0.2) is 0 Å². The fourth-order valence-corrected chi connectivity index (χ4v) is 5.82. The predicted molar refractivity (Wildman–Crippen MR) is 159 cm³/mol. The molecule has 0 fully saturated rings. The first-order valence-electron chi connectivity index (χ1n) is 12.7. The van der Waals surface area contributed by atoms with E-state index in [2.05, 4.69) is 21.2 Å². The molecule has 0 bridgehead atoms. The van der Waals surface area contributed by atoms with Gasteiger partial charge in [0.25, 0.3) is 10.0 Å². The zero-order valence-corrected chi connectivity index (χ0v) is 25.4. The maximum absolute atomic E-state index is 13.9. The molecule has 0 heterocycles. The van der Waals surface area contributed by atoms with E-state index >= 15 is 0 Å². The summed E-state index contributed by atoms with van der Waals surface area (Å²) < 4.78 is 29.4. The van der Waals surface area contributed by atoms with Crippen molar-refractivity contribution in [2.75, 3.05) is 17.4 Å². The molecule has 0 saturated carbocycles. The van der Waals surface area contributed by atoms with Gasteiger partial charge >= 0.3 is 0 Å². The molecule has 1 atom stereocenters. The molecule has 2 amide bonds. The first kappa shape index (κ1) is 30.7. The van der Waals surface area contributed by atoms with Crippen molar-refractivity contribution in [2.45, 2.75) is 51.1 Å². The first-order valence-corrected chi connectivity index (χ1v) is 15.3. The molecule has 3 aromatic carbocycles. The van der Waals surface area contributed by atoms with Crippen LogP contribution in [0.25, 0.3) is 0 Å². The number of rotatable bonds is 12. The van der Waals surface area contributed by atoms with Crippen LogP contribution >= 0.6 is 27.5 Å². The highest BCUT2D eigenvalue weighted by atomic mass is 79.9. The van der Waals surface area contributed by atoms with E-state index in [9.17, 15) is 18.0 Å². The second-order valence-electron chi connectivity index (χ2n) is 9.27. The highest BCUT2D eigenvalue weighted by Gasteiger charge is 2.32. The van der Waals surface area contributed by atoms with E-state index in [0.717, 1.165) is 28.3 Å². The first-order chi connectivity index (χ1) is 18.5. The maximum atomic E-state index is 13.9. The van der Waals surface area contributed by atoms with Crippen molar-refractivity contribution in [1.82, 2.24) is 10.2 Å². The number of benzene rings is 3. The molecule has 7 nitrogen and oxygen atoms in total. The van der Waals surface area contributed by atoms with Gasteiger partial charge in [-0.05, 0) is 68.3 Å². The van der Waals surface area contributed by atoms with E-state index in [1.54, 1.807) is 67.6 Å². The number of carbonyl (C=O) groups excluding carboxylic acids is 2. The number of unbranched alkanes of at least 4 members (excludes halogenated alkanes) is 1. The molecule has 39 heavy (non-hydrogen) atoms. The minimum atomic E-state index is -4.11. The van der Waals surface area contributed by atoms with Gasteiger partial charge in [-0.15, -0.1) is 0 Å². The summed E-state index contributed by atoms with van der Waals surface area (Å²) in [7, 11) is -4.11. The van der Waals surface area contributed by atoms with Crippen molar-refractivity contribution in [3.8, 4) is 0 Å². The Labute approximate surface area is 244 Å². The number of hydrogen-bond acceptors (Lipinski definition) is 4. The third-order valence-corrected chi connectivity index (χ3v) is 8.78. The zero-order valence-electron chi connectivity index (χ0n) is 22.2. The summed E-state index contributed by atoms with van der Waals surface area (Å²) in [6.07, 6.45) is 1.73. The zero-order chi connectivity index (χ0) is 28.6. The monoisotopic (exact) mass is 633 g/mol. The standard InChI is InChI=1S/C29H33BrClN3O4S/c1-4-5-17-32-29(36)22(3)33(19-23-11-13-25(31)14-12-23)28(35)20-34(26-8-6-7-24(30)18-26)39(37,38)27-15-9-21(2)10-16-27/h6-16,18,22H,4-5,17,19-20H2,1-3H3,(H,32,36)/t22-/m1/s1. The number of halogens is 2. The van der Waals surface area contributed by atoms with Gasteiger partial charge < -0.3 is 10.2 Å². The number of amides is 2. The van der Waals surface area contributed by atoms with E-state index < -0.39 is 28.5 Å². The van der Waals surface area contributed by atoms with Crippen LogP contribution < -0.4 is 9.62 Å². The summed E-state index contributed by atoms with van der Waals surface area (Å²) in [5, 5.41) is 3.42. The lowest BCUT2D eigenvalue weighted by atomic mass is 10.1. The number of anilines is 1. The van der Waals surface area contributed by atoms with Crippen LogP contribution in [0.5, 0.6) is 0 Å². The van der Waals surface area contributed by atoms with Gasteiger partial charge in [-0.3, -0.25) is 13.9 Å². The Hall–Kier alpha value is -2.88. The highest BCUT2D eigenvalue weighted by Crippen LogP contribution is 2.27. The Morgan fingerprint density at radius 1 is 1.03 bits per heavy atom. The van der Waals surface area contributed by atoms with Crippen molar-refractivity contribution in [3.63, 3.8) is 0 Å². The number of nitrogens with zero attached hydrogens (tertiary/aromatic N) is 2. The normalized spacial score (nSPS) is 12.0. The van der Waals surface area contributed by atoms with Gasteiger partial charge in [0.1, 0.15) is 12.6 Å². The Morgan fingerprint density at radius 2 is 1.69 bits per heavy atom. The smallest absolute Gasteiger partial charge is 0.264 e. The number of sulfonamides is 1. The minimum Gasteiger partial charge on any atom is -0.354 e. The van der Waals surface area contributed by atoms with E-state index in [-0.39, 0.29) is 17.3 Å². The lowest BCUT2D eigenvalue weighted by Gasteiger charge is -2.32. The predicted octanol–water partition coefficient (Wildman–Crippen LogP) is 5.94. The topological polar surface area (TPSA) is 86.8 Å². The summed E-state index contributed by atoms with van der Waals surface area (Å²) in [6, 6.07) is 19.4. The van der Waals surface area contributed by atoms with Gasteiger partial charge in [-0.25, -0.2) is 8.42 Å².